The summed E-state index contributed by atoms with van der Waals surface area (Å²) in [7, 11) is -2.93. The lowest BCUT2D eigenvalue weighted by Gasteiger charge is -2.22. The molecule has 1 aliphatic heterocycles. The van der Waals surface area contributed by atoms with Crippen LogP contribution in [0.5, 0.6) is 0 Å². The van der Waals surface area contributed by atoms with Gasteiger partial charge < -0.3 is 9.73 Å². The van der Waals surface area contributed by atoms with E-state index in [0.29, 0.717) is 12.5 Å². The van der Waals surface area contributed by atoms with Crippen molar-refractivity contribution in [2.75, 3.05) is 18.1 Å². The number of hydrogen-bond donors (Lipinski definition) is 1. The van der Waals surface area contributed by atoms with Crippen LogP contribution in [0.3, 0.4) is 0 Å². The van der Waals surface area contributed by atoms with Crippen LogP contribution in [0.25, 0.3) is 0 Å². The molecule has 1 saturated carbocycles. The first kappa shape index (κ1) is 11.2. The highest BCUT2D eigenvalue weighted by Gasteiger charge is 2.30. The molecule has 1 aliphatic carbocycles. The van der Waals surface area contributed by atoms with Crippen molar-refractivity contribution in [1.82, 2.24) is 10.3 Å². The number of hydrogen-bond acceptors (Lipinski definition) is 5. The molecule has 1 aromatic rings. The molecule has 1 saturated heterocycles. The number of nitrogens with zero attached hydrogens (tertiary/aromatic N) is 1. The molecular weight excluding hydrogens is 240 g/mol. The summed E-state index contributed by atoms with van der Waals surface area (Å²) in [5.74, 6) is 1.57. The van der Waals surface area contributed by atoms with Gasteiger partial charge in [-0.3, -0.25) is 0 Å². The summed E-state index contributed by atoms with van der Waals surface area (Å²) < 4.78 is 28.5. The summed E-state index contributed by atoms with van der Waals surface area (Å²) in [6.07, 6.45) is 5.11. The van der Waals surface area contributed by atoms with E-state index in [1.165, 1.54) is 6.42 Å². The van der Waals surface area contributed by atoms with E-state index in [0.717, 1.165) is 24.4 Å². The van der Waals surface area contributed by atoms with E-state index in [1.54, 1.807) is 6.26 Å². The maximum Gasteiger partial charge on any atom is 0.197 e. The molecule has 0 aromatic carbocycles. The standard InChI is InChI=1S/C11H16N2O3S/c14-17(15)5-4-12-10(7-17)9-6-16-11(13-9)8-2-1-3-8/h6,8,10,12H,1-5,7H2. The van der Waals surface area contributed by atoms with Gasteiger partial charge in [0.25, 0.3) is 0 Å². The van der Waals surface area contributed by atoms with Crippen LogP contribution in [-0.4, -0.2) is 31.5 Å². The topological polar surface area (TPSA) is 72.2 Å². The number of rotatable bonds is 2. The number of oxazole rings is 1. The lowest BCUT2D eigenvalue weighted by atomic mass is 9.85. The molecule has 0 radical (unpaired) electrons. The van der Waals surface area contributed by atoms with Gasteiger partial charge in [-0.05, 0) is 12.8 Å². The van der Waals surface area contributed by atoms with Crippen molar-refractivity contribution in [3.8, 4) is 0 Å². The molecule has 2 aliphatic rings. The lowest BCUT2D eigenvalue weighted by molar-refractivity contribution is 0.335. The molecule has 3 rings (SSSR count). The summed E-state index contributed by atoms with van der Waals surface area (Å²) in [6.45, 7) is 0.499. The molecule has 0 spiro atoms. The molecule has 2 heterocycles. The van der Waals surface area contributed by atoms with Gasteiger partial charge >= 0.3 is 0 Å². The molecule has 17 heavy (non-hydrogen) atoms. The van der Waals surface area contributed by atoms with Crippen LogP contribution in [-0.2, 0) is 9.84 Å². The molecule has 1 unspecified atom stereocenters. The minimum absolute atomic E-state index is 0.129. The Morgan fingerprint density at radius 2 is 2.24 bits per heavy atom. The lowest BCUT2D eigenvalue weighted by Crippen LogP contribution is -2.39. The van der Waals surface area contributed by atoms with Crippen molar-refractivity contribution in [3.63, 3.8) is 0 Å². The fourth-order valence-electron chi connectivity index (χ4n) is 2.28. The third-order valence-electron chi connectivity index (χ3n) is 3.58. The minimum atomic E-state index is -2.93. The van der Waals surface area contributed by atoms with E-state index >= 15 is 0 Å². The predicted molar refractivity (Wildman–Crippen MR) is 62.5 cm³/mol. The summed E-state index contributed by atoms with van der Waals surface area (Å²) in [6, 6.07) is -0.202. The Kier molecular flexibility index (Phi) is 2.71. The fourth-order valence-corrected chi connectivity index (χ4v) is 3.67. The van der Waals surface area contributed by atoms with Crippen LogP contribution < -0.4 is 5.32 Å². The molecule has 1 N–H and O–H groups in total. The van der Waals surface area contributed by atoms with Crippen LogP contribution >= 0.6 is 0 Å². The highest BCUT2D eigenvalue weighted by Crippen LogP contribution is 2.36. The molecule has 2 fully saturated rings. The van der Waals surface area contributed by atoms with Crippen molar-refractivity contribution in [2.24, 2.45) is 0 Å². The average molecular weight is 256 g/mol. The molecule has 1 atom stereocenters. The van der Waals surface area contributed by atoms with E-state index in [2.05, 4.69) is 10.3 Å². The van der Waals surface area contributed by atoms with Crippen molar-refractivity contribution in [1.29, 1.82) is 0 Å². The van der Waals surface area contributed by atoms with Crippen LogP contribution in [0.15, 0.2) is 10.7 Å². The van der Waals surface area contributed by atoms with Gasteiger partial charge in [0.2, 0.25) is 0 Å². The number of nitrogens with one attached hydrogen (secondary N) is 1. The first-order valence-corrected chi connectivity index (χ1v) is 7.85. The minimum Gasteiger partial charge on any atom is -0.448 e. The van der Waals surface area contributed by atoms with E-state index < -0.39 is 9.84 Å². The smallest absolute Gasteiger partial charge is 0.197 e. The zero-order chi connectivity index (χ0) is 11.9. The molecule has 94 valence electrons. The Hall–Kier alpha value is -0.880. The summed E-state index contributed by atoms with van der Waals surface area (Å²) in [4.78, 5) is 4.43. The maximum atomic E-state index is 11.5. The highest BCUT2D eigenvalue weighted by atomic mass is 32.2. The highest BCUT2D eigenvalue weighted by molar-refractivity contribution is 7.91. The first-order chi connectivity index (χ1) is 8.14. The van der Waals surface area contributed by atoms with Gasteiger partial charge in [0.1, 0.15) is 6.26 Å². The van der Waals surface area contributed by atoms with Crippen LogP contribution in [0.2, 0.25) is 0 Å². The summed E-state index contributed by atoms with van der Waals surface area (Å²) in [5, 5.41) is 3.18. The van der Waals surface area contributed by atoms with Gasteiger partial charge in [-0.2, -0.15) is 0 Å². The van der Waals surface area contributed by atoms with Gasteiger partial charge in [0, 0.05) is 12.5 Å². The first-order valence-electron chi connectivity index (χ1n) is 6.03. The van der Waals surface area contributed by atoms with E-state index in [1.807, 2.05) is 0 Å². The quantitative estimate of drug-likeness (QED) is 0.854. The molecule has 1 aromatic heterocycles. The zero-order valence-electron chi connectivity index (χ0n) is 9.55. The number of aromatic nitrogens is 1. The molecular formula is C11H16N2O3S. The molecule has 0 bridgehead atoms. The Morgan fingerprint density at radius 1 is 1.41 bits per heavy atom. The van der Waals surface area contributed by atoms with Crippen LogP contribution in [0.1, 0.15) is 42.8 Å². The van der Waals surface area contributed by atoms with E-state index in [9.17, 15) is 8.42 Å². The normalized spacial score (nSPS) is 28.8. The third kappa shape index (κ3) is 2.24. The largest absolute Gasteiger partial charge is 0.448 e. The predicted octanol–water partition coefficient (Wildman–Crippen LogP) is 1.00. The fraction of sp³-hybridized carbons (Fsp3) is 0.727. The van der Waals surface area contributed by atoms with Crippen molar-refractivity contribution < 1.29 is 12.8 Å². The summed E-state index contributed by atoms with van der Waals surface area (Å²) in [5.41, 5.74) is 0.732. The monoisotopic (exact) mass is 256 g/mol. The van der Waals surface area contributed by atoms with Gasteiger partial charge in [-0.25, -0.2) is 13.4 Å². The van der Waals surface area contributed by atoms with Gasteiger partial charge in [0.15, 0.2) is 15.7 Å². The maximum absolute atomic E-state index is 11.5. The molecule has 6 heteroatoms. The van der Waals surface area contributed by atoms with Gasteiger partial charge in [-0.15, -0.1) is 0 Å². The van der Waals surface area contributed by atoms with Crippen LogP contribution in [0.4, 0.5) is 0 Å². The number of sulfone groups is 1. The van der Waals surface area contributed by atoms with Gasteiger partial charge in [0.05, 0.1) is 23.2 Å². The Bertz CT molecular complexity index is 505. The van der Waals surface area contributed by atoms with Gasteiger partial charge in [-0.1, -0.05) is 6.42 Å². The van der Waals surface area contributed by atoms with E-state index in [4.69, 9.17) is 4.42 Å². The Balaban J connectivity index is 1.77. The second-order valence-electron chi connectivity index (χ2n) is 4.86. The Morgan fingerprint density at radius 3 is 2.88 bits per heavy atom. The SMILES string of the molecule is O=S1(=O)CCNC(c2coc(C3CCC3)n2)C1. The molecule has 0 amide bonds. The van der Waals surface area contributed by atoms with Crippen LogP contribution in [0, 0.1) is 0 Å². The van der Waals surface area contributed by atoms with Crippen molar-refractivity contribution in [2.45, 2.75) is 31.2 Å². The Labute approximate surface area is 101 Å². The third-order valence-corrected chi connectivity index (χ3v) is 5.24. The summed E-state index contributed by atoms with van der Waals surface area (Å²) >= 11 is 0. The molecule has 5 nitrogen and oxygen atoms in total. The zero-order valence-corrected chi connectivity index (χ0v) is 10.4. The average Bonchev–Trinajstić information content (AvgIpc) is 2.62. The van der Waals surface area contributed by atoms with E-state index in [-0.39, 0.29) is 17.5 Å². The second kappa shape index (κ2) is 4.10. The van der Waals surface area contributed by atoms with Crippen molar-refractivity contribution in [3.05, 3.63) is 17.8 Å². The second-order valence-corrected chi connectivity index (χ2v) is 7.09. The van der Waals surface area contributed by atoms with Crippen molar-refractivity contribution >= 4 is 9.84 Å².